The topological polar surface area (TPSA) is 98.2 Å². The zero-order valence-corrected chi connectivity index (χ0v) is 18.9. The van der Waals surface area contributed by atoms with Crippen LogP contribution in [0.1, 0.15) is 41.0 Å². The molecule has 0 aromatic heterocycles. The summed E-state index contributed by atoms with van der Waals surface area (Å²) in [4.78, 5) is 27.7. The van der Waals surface area contributed by atoms with Gasteiger partial charge in [0.2, 0.25) is 0 Å². The van der Waals surface area contributed by atoms with Crippen LogP contribution < -0.4 is 0 Å². The average molecular weight is 399 g/mol. The highest BCUT2D eigenvalue weighted by Gasteiger charge is 2.47. The number of allylic oxidation sites excluding steroid dienone is 1. The Labute approximate surface area is 163 Å². The van der Waals surface area contributed by atoms with E-state index >= 15 is 0 Å². The molecule has 0 bridgehead atoms. The third kappa shape index (κ3) is 6.81. The van der Waals surface area contributed by atoms with Crippen LogP contribution in [0.3, 0.4) is 0 Å². The Morgan fingerprint density at radius 1 is 1.30 bits per heavy atom. The van der Waals surface area contributed by atoms with Crippen molar-refractivity contribution in [3.05, 3.63) is 18.2 Å². The predicted octanol–water partition coefficient (Wildman–Crippen LogP) is 3.41. The van der Waals surface area contributed by atoms with Crippen LogP contribution in [0.25, 0.3) is 5.53 Å². The van der Waals surface area contributed by atoms with Crippen LogP contribution in [-0.2, 0) is 23.5 Å². The van der Waals surface area contributed by atoms with Crippen LogP contribution in [0, 0.1) is 5.92 Å². The number of hydrogen-bond donors (Lipinski definition) is 0. The Morgan fingerprint density at radius 2 is 1.85 bits per heavy atom. The summed E-state index contributed by atoms with van der Waals surface area (Å²) in [5.74, 6) is -1.86. The first-order chi connectivity index (χ1) is 12.4. The molecular formula is C19H34N2O5Si. The summed E-state index contributed by atoms with van der Waals surface area (Å²) >= 11 is 0. The fraction of sp³-hybridized carbons (Fsp3) is 0.737. The van der Waals surface area contributed by atoms with Crippen LogP contribution >= 0.6 is 0 Å². The van der Waals surface area contributed by atoms with Gasteiger partial charge in [0.15, 0.2) is 14.4 Å². The van der Waals surface area contributed by atoms with Crippen LogP contribution in [0.15, 0.2) is 12.7 Å². The number of ether oxygens (including phenoxy) is 2. The summed E-state index contributed by atoms with van der Waals surface area (Å²) in [6.45, 7) is 17.8. The Hall–Kier alpha value is -1.60. The summed E-state index contributed by atoms with van der Waals surface area (Å²) in [6.07, 6.45) is 0.602. The monoisotopic (exact) mass is 398 g/mol. The van der Waals surface area contributed by atoms with E-state index in [0.29, 0.717) is 6.42 Å². The number of Topliss-reactive ketones (excluding diaryl/α,β-unsaturated/α-hetero) is 1. The van der Waals surface area contributed by atoms with Gasteiger partial charge in [0.25, 0.3) is 5.78 Å². The number of ketones is 1. The molecule has 0 amide bonds. The molecule has 0 aromatic carbocycles. The van der Waals surface area contributed by atoms with Crippen molar-refractivity contribution < 1.29 is 28.3 Å². The largest absolute Gasteiger partial charge is 0.457 e. The predicted molar refractivity (Wildman–Crippen MR) is 107 cm³/mol. The minimum absolute atomic E-state index is 0.0551. The van der Waals surface area contributed by atoms with Crippen molar-refractivity contribution in [2.45, 2.75) is 71.4 Å². The van der Waals surface area contributed by atoms with Crippen molar-refractivity contribution in [3.8, 4) is 0 Å². The van der Waals surface area contributed by atoms with Gasteiger partial charge in [0.1, 0.15) is 0 Å². The zero-order chi connectivity index (χ0) is 21.4. The molecule has 0 fully saturated rings. The van der Waals surface area contributed by atoms with Gasteiger partial charge in [-0.2, -0.15) is 4.79 Å². The summed E-state index contributed by atoms with van der Waals surface area (Å²) in [5.41, 5.74) is 8.49. The van der Waals surface area contributed by atoms with Gasteiger partial charge in [0, 0.05) is 7.11 Å². The molecule has 0 aliphatic heterocycles. The van der Waals surface area contributed by atoms with E-state index < -0.39 is 38.0 Å². The van der Waals surface area contributed by atoms with Gasteiger partial charge in [-0.3, -0.25) is 4.79 Å². The van der Waals surface area contributed by atoms with Crippen molar-refractivity contribution in [2.75, 3.05) is 13.7 Å². The Balaban J connectivity index is 5.97. The highest BCUT2D eigenvalue weighted by atomic mass is 28.4. The molecule has 8 heteroatoms. The van der Waals surface area contributed by atoms with Crippen LogP contribution in [0.4, 0.5) is 0 Å². The maximum atomic E-state index is 12.9. The van der Waals surface area contributed by atoms with Gasteiger partial charge in [-0.25, -0.2) is 4.79 Å². The van der Waals surface area contributed by atoms with Crippen molar-refractivity contribution in [1.29, 1.82) is 0 Å². The van der Waals surface area contributed by atoms with Gasteiger partial charge in [-0.1, -0.05) is 33.8 Å². The fourth-order valence-corrected chi connectivity index (χ4v) is 3.70. The van der Waals surface area contributed by atoms with Crippen LogP contribution in [0.5, 0.6) is 0 Å². The Morgan fingerprint density at radius 3 is 2.22 bits per heavy atom. The first-order valence-electron chi connectivity index (χ1n) is 9.12. The first-order valence-corrected chi connectivity index (χ1v) is 12.0. The molecule has 0 spiro atoms. The molecule has 0 heterocycles. The van der Waals surface area contributed by atoms with E-state index in [2.05, 4.69) is 45.2 Å². The van der Waals surface area contributed by atoms with Crippen molar-refractivity contribution in [1.82, 2.24) is 0 Å². The second kappa shape index (κ2) is 10.7. The molecule has 3 atom stereocenters. The molecule has 0 aromatic rings. The molecule has 7 nitrogen and oxygen atoms in total. The normalized spacial score (nSPS) is 15.3. The van der Waals surface area contributed by atoms with E-state index in [9.17, 15) is 15.1 Å². The van der Waals surface area contributed by atoms with E-state index in [4.69, 9.17) is 13.9 Å². The van der Waals surface area contributed by atoms with Crippen molar-refractivity contribution in [3.63, 3.8) is 0 Å². The molecule has 0 unspecified atom stereocenters. The number of hydrogen-bond acceptors (Lipinski definition) is 5. The lowest BCUT2D eigenvalue weighted by Gasteiger charge is -2.42. The maximum absolute atomic E-state index is 12.9. The van der Waals surface area contributed by atoms with Gasteiger partial charge < -0.3 is 19.4 Å². The maximum Gasteiger partial charge on any atom is 0.444 e. The SMILES string of the molecule is C=CC[C@@H](C)[C@H](O[Si](C)(C)C(C)(C)C)[C@@H](OC)C(=O)C(=[N+]=[N-])C(=O)OCC. The van der Waals surface area contributed by atoms with Crippen molar-refractivity contribution >= 4 is 25.8 Å². The quantitative estimate of drug-likeness (QED) is 0.101. The number of rotatable bonds is 11. The molecule has 0 rings (SSSR count). The van der Waals surface area contributed by atoms with Crippen LogP contribution in [-0.4, -0.2) is 56.5 Å². The third-order valence-electron chi connectivity index (χ3n) is 4.95. The van der Waals surface area contributed by atoms with E-state index in [1.54, 1.807) is 13.0 Å². The van der Waals surface area contributed by atoms with Gasteiger partial charge in [-0.05, 0) is 37.4 Å². The van der Waals surface area contributed by atoms with Crippen molar-refractivity contribution in [2.24, 2.45) is 5.92 Å². The van der Waals surface area contributed by atoms with E-state index in [1.807, 2.05) is 6.92 Å². The van der Waals surface area contributed by atoms with E-state index in [1.165, 1.54) is 7.11 Å². The molecule has 154 valence electrons. The zero-order valence-electron chi connectivity index (χ0n) is 17.9. The standard InChI is InChI=1S/C19H34N2O5Si/c1-10-12-13(3)16(26-27(8,9)19(4,5)6)17(24-7)15(22)14(21-20)18(23)25-11-2/h10,13,16-17H,1,11-12H2,2-9H3/t13-,16+,17+/m1/s1. The van der Waals surface area contributed by atoms with Gasteiger partial charge in [0.05, 0.1) is 12.7 Å². The second-order valence-corrected chi connectivity index (χ2v) is 12.8. The number of carbonyl (C=O) groups excluding carboxylic acids is 2. The molecule has 0 saturated carbocycles. The fourth-order valence-electron chi connectivity index (χ4n) is 2.31. The summed E-state index contributed by atoms with van der Waals surface area (Å²) in [7, 11) is -0.891. The molecule has 0 saturated heterocycles. The minimum atomic E-state index is -2.26. The summed E-state index contributed by atoms with van der Waals surface area (Å²) in [6, 6.07) is 0. The minimum Gasteiger partial charge on any atom is -0.457 e. The smallest absolute Gasteiger partial charge is 0.444 e. The number of esters is 1. The van der Waals surface area contributed by atoms with Crippen LogP contribution in [0.2, 0.25) is 18.1 Å². The second-order valence-electron chi connectivity index (χ2n) is 8.03. The lowest BCUT2D eigenvalue weighted by molar-refractivity contribution is -0.145. The Bertz CT molecular complexity index is 591. The highest BCUT2D eigenvalue weighted by molar-refractivity contribution is 6.74. The molecule has 0 N–H and O–H groups in total. The first kappa shape index (κ1) is 25.4. The third-order valence-corrected chi connectivity index (χ3v) is 9.42. The average Bonchev–Trinajstić information content (AvgIpc) is 2.54. The molecule has 0 radical (unpaired) electrons. The van der Waals surface area contributed by atoms with E-state index in [0.717, 1.165) is 0 Å². The lowest BCUT2D eigenvalue weighted by Crippen LogP contribution is -2.53. The van der Waals surface area contributed by atoms with Gasteiger partial charge in [-0.15, -0.1) is 6.58 Å². The number of methoxy groups -OCH3 is 1. The summed E-state index contributed by atoms with van der Waals surface area (Å²) in [5, 5.41) is -0.0878. The molecule has 0 aliphatic carbocycles. The molecule has 0 aliphatic rings. The number of nitrogens with zero attached hydrogens (tertiary/aromatic N) is 2. The highest BCUT2D eigenvalue weighted by Crippen LogP contribution is 2.39. The summed E-state index contributed by atoms with van der Waals surface area (Å²) < 4.78 is 16.7. The van der Waals surface area contributed by atoms with Gasteiger partial charge >= 0.3 is 11.7 Å². The molecule has 27 heavy (non-hydrogen) atoms. The molecular weight excluding hydrogens is 364 g/mol. The lowest BCUT2D eigenvalue weighted by atomic mass is 9.93. The number of carbonyl (C=O) groups is 2. The van der Waals surface area contributed by atoms with E-state index in [-0.39, 0.29) is 17.6 Å². The Kier molecular flexibility index (Phi) is 10.0.